The van der Waals surface area contributed by atoms with Crippen LogP contribution in [0.2, 0.25) is 5.02 Å². The lowest BCUT2D eigenvalue weighted by molar-refractivity contribution is 1.79. The SMILES string of the molecule is Clc1cc(Br)c2sc3c4ccccc4ccc3c2c1. The number of fused-ring (bicyclic) bond motifs is 5. The van der Waals surface area contributed by atoms with Crippen molar-refractivity contribution in [2.45, 2.75) is 0 Å². The molecule has 0 unspecified atom stereocenters. The topological polar surface area (TPSA) is 0 Å². The van der Waals surface area contributed by atoms with Gasteiger partial charge in [0.2, 0.25) is 0 Å². The first-order chi connectivity index (χ1) is 9.24. The van der Waals surface area contributed by atoms with Crippen molar-refractivity contribution in [1.82, 2.24) is 0 Å². The fourth-order valence-corrected chi connectivity index (χ4v) is 4.81. The Morgan fingerprint density at radius 1 is 0.842 bits per heavy atom. The molecule has 3 heteroatoms. The standard InChI is InChI=1S/C16H8BrClS/c17-14-8-10(18)7-13-12-6-5-9-3-1-2-4-11(9)15(12)19-16(13)14/h1-8H. The number of halogens is 2. The van der Waals surface area contributed by atoms with Crippen molar-refractivity contribution in [1.29, 1.82) is 0 Å². The molecule has 0 aliphatic carbocycles. The lowest BCUT2D eigenvalue weighted by Crippen LogP contribution is -1.72. The van der Waals surface area contributed by atoms with Crippen molar-refractivity contribution in [3.05, 3.63) is 58.0 Å². The molecule has 92 valence electrons. The highest BCUT2D eigenvalue weighted by Crippen LogP contribution is 2.42. The molecule has 19 heavy (non-hydrogen) atoms. The van der Waals surface area contributed by atoms with Gasteiger partial charge in [-0.05, 0) is 38.8 Å². The van der Waals surface area contributed by atoms with Crippen molar-refractivity contribution < 1.29 is 0 Å². The van der Waals surface area contributed by atoms with Crippen LogP contribution in [0.5, 0.6) is 0 Å². The van der Waals surface area contributed by atoms with Crippen LogP contribution in [-0.2, 0) is 0 Å². The number of hydrogen-bond donors (Lipinski definition) is 0. The van der Waals surface area contributed by atoms with Crippen molar-refractivity contribution in [3.63, 3.8) is 0 Å². The van der Waals surface area contributed by atoms with E-state index in [1.165, 1.54) is 30.9 Å². The molecule has 0 spiro atoms. The molecule has 0 aliphatic heterocycles. The molecule has 0 N–H and O–H groups in total. The second kappa shape index (κ2) is 4.20. The van der Waals surface area contributed by atoms with Gasteiger partial charge in [-0.25, -0.2) is 0 Å². The quantitative estimate of drug-likeness (QED) is 0.335. The number of hydrogen-bond acceptors (Lipinski definition) is 1. The Morgan fingerprint density at radius 2 is 1.68 bits per heavy atom. The molecule has 0 fully saturated rings. The highest BCUT2D eigenvalue weighted by molar-refractivity contribution is 9.10. The third-order valence-corrected chi connectivity index (χ3v) is 5.78. The second-order valence-corrected chi connectivity index (χ2v) is 6.84. The van der Waals surface area contributed by atoms with Gasteiger partial charge in [0.05, 0.1) is 0 Å². The summed E-state index contributed by atoms with van der Waals surface area (Å²) < 4.78 is 3.66. The van der Waals surface area contributed by atoms with Gasteiger partial charge < -0.3 is 0 Å². The average Bonchev–Trinajstić information content (AvgIpc) is 2.78. The van der Waals surface area contributed by atoms with Gasteiger partial charge in [-0.2, -0.15) is 0 Å². The van der Waals surface area contributed by atoms with Crippen molar-refractivity contribution in [2.24, 2.45) is 0 Å². The van der Waals surface area contributed by atoms with Crippen LogP contribution in [0.25, 0.3) is 30.9 Å². The Labute approximate surface area is 127 Å². The predicted octanol–water partition coefficient (Wildman–Crippen LogP) is 6.62. The molecule has 1 heterocycles. The van der Waals surface area contributed by atoms with E-state index < -0.39 is 0 Å². The summed E-state index contributed by atoms with van der Waals surface area (Å²) in [5.41, 5.74) is 0. The normalized spacial score (nSPS) is 11.7. The fourth-order valence-electron chi connectivity index (χ4n) is 2.53. The molecule has 0 atom stereocenters. The maximum absolute atomic E-state index is 6.17. The molecule has 0 nitrogen and oxygen atoms in total. The van der Waals surface area contributed by atoms with E-state index in [0.717, 1.165) is 9.50 Å². The van der Waals surface area contributed by atoms with Crippen molar-refractivity contribution >= 4 is 69.8 Å². The predicted molar refractivity (Wildman–Crippen MR) is 89.5 cm³/mol. The van der Waals surface area contributed by atoms with Gasteiger partial charge in [-0.15, -0.1) is 11.3 Å². The van der Waals surface area contributed by atoms with Crippen LogP contribution in [-0.4, -0.2) is 0 Å². The van der Waals surface area contributed by atoms with Crippen LogP contribution in [0.15, 0.2) is 53.0 Å². The monoisotopic (exact) mass is 346 g/mol. The van der Waals surface area contributed by atoms with E-state index in [1.807, 2.05) is 17.4 Å². The minimum Gasteiger partial charge on any atom is -0.133 e. The Bertz CT molecular complexity index is 940. The van der Waals surface area contributed by atoms with Crippen molar-refractivity contribution in [3.8, 4) is 0 Å². The van der Waals surface area contributed by atoms with E-state index in [2.05, 4.69) is 58.4 Å². The number of thiophene rings is 1. The summed E-state index contributed by atoms with van der Waals surface area (Å²) >= 11 is 11.6. The van der Waals surface area contributed by atoms with E-state index in [-0.39, 0.29) is 0 Å². The van der Waals surface area contributed by atoms with Crippen LogP contribution in [0.3, 0.4) is 0 Å². The first kappa shape index (κ1) is 11.7. The molecule has 1 aromatic heterocycles. The molecule has 0 radical (unpaired) electrons. The van der Waals surface area contributed by atoms with Gasteiger partial charge in [-0.3, -0.25) is 0 Å². The summed E-state index contributed by atoms with van der Waals surface area (Å²) in [5, 5.41) is 5.87. The molecule has 0 saturated heterocycles. The van der Waals surface area contributed by atoms with E-state index in [0.29, 0.717) is 0 Å². The minimum absolute atomic E-state index is 0.771. The van der Waals surface area contributed by atoms with Gasteiger partial charge in [0, 0.05) is 29.7 Å². The molecular weight excluding hydrogens is 340 g/mol. The third-order valence-electron chi connectivity index (χ3n) is 3.38. The maximum Gasteiger partial charge on any atom is 0.0498 e. The first-order valence-corrected chi connectivity index (χ1v) is 7.92. The van der Waals surface area contributed by atoms with Gasteiger partial charge in [-0.1, -0.05) is 48.0 Å². The molecule has 0 amide bonds. The Kier molecular flexibility index (Phi) is 2.59. The van der Waals surface area contributed by atoms with Crippen molar-refractivity contribution in [2.75, 3.05) is 0 Å². The van der Waals surface area contributed by atoms with E-state index in [4.69, 9.17) is 11.6 Å². The molecule has 4 aromatic rings. The molecular formula is C16H8BrClS. The minimum atomic E-state index is 0.771. The van der Waals surface area contributed by atoms with Crippen LogP contribution >= 0.6 is 38.9 Å². The summed E-state index contributed by atoms with van der Waals surface area (Å²) in [6.07, 6.45) is 0. The fraction of sp³-hybridized carbons (Fsp3) is 0. The van der Waals surface area contributed by atoms with Crippen LogP contribution in [0, 0.1) is 0 Å². The summed E-state index contributed by atoms with van der Waals surface area (Å²) in [6.45, 7) is 0. The van der Waals surface area contributed by atoms with Gasteiger partial charge in [0.25, 0.3) is 0 Å². The molecule has 0 aliphatic rings. The van der Waals surface area contributed by atoms with Crippen LogP contribution in [0.1, 0.15) is 0 Å². The molecule has 3 aromatic carbocycles. The van der Waals surface area contributed by atoms with Gasteiger partial charge >= 0.3 is 0 Å². The van der Waals surface area contributed by atoms with E-state index in [1.54, 1.807) is 0 Å². The average molecular weight is 348 g/mol. The lowest BCUT2D eigenvalue weighted by Gasteiger charge is -1.99. The van der Waals surface area contributed by atoms with Gasteiger partial charge in [0.1, 0.15) is 0 Å². The van der Waals surface area contributed by atoms with Crippen LogP contribution in [0.4, 0.5) is 0 Å². The third kappa shape index (κ3) is 1.71. The van der Waals surface area contributed by atoms with Crippen LogP contribution < -0.4 is 0 Å². The largest absolute Gasteiger partial charge is 0.133 e. The zero-order valence-electron chi connectivity index (χ0n) is 9.78. The summed E-state index contributed by atoms with van der Waals surface area (Å²) in [5.74, 6) is 0. The van der Waals surface area contributed by atoms with E-state index >= 15 is 0 Å². The second-order valence-electron chi connectivity index (χ2n) is 4.53. The highest BCUT2D eigenvalue weighted by Gasteiger charge is 2.11. The summed E-state index contributed by atoms with van der Waals surface area (Å²) in [7, 11) is 0. The van der Waals surface area contributed by atoms with E-state index in [9.17, 15) is 0 Å². The first-order valence-electron chi connectivity index (χ1n) is 5.93. The number of rotatable bonds is 0. The number of benzene rings is 3. The molecule has 4 rings (SSSR count). The zero-order chi connectivity index (χ0) is 13.0. The molecule has 0 bridgehead atoms. The lowest BCUT2D eigenvalue weighted by atomic mass is 10.1. The Hall–Kier alpha value is -1.09. The maximum atomic E-state index is 6.17. The Balaban J connectivity index is 2.31. The highest BCUT2D eigenvalue weighted by atomic mass is 79.9. The smallest absolute Gasteiger partial charge is 0.0498 e. The van der Waals surface area contributed by atoms with Gasteiger partial charge in [0.15, 0.2) is 0 Å². The summed E-state index contributed by atoms with van der Waals surface area (Å²) in [4.78, 5) is 0. The Morgan fingerprint density at radius 3 is 2.58 bits per heavy atom. The molecule has 0 saturated carbocycles. The zero-order valence-corrected chi connectivity index (χ0v) is 12.9. The summed E-state index contributed by atoms with van der Waals surface area (Å²) in [6, 6.07) is 16.9.